The number of carbonyl (C=O) groups excluding carboxylic acids is 1. The molecule has 1 unspecified atom stereocenters. The van der Waals surface area contributed by atoms with Gasteiger partial charge in [-0.25, -0.2) is 4.98 Å². The van der Waals surface area contributed by atoms with Crippen molar-refractivity contribution in [3.63, 3.8) is 0 Å². The van der Waals surface area contributed by atoms with Crippen molar-refractivity contribution < 1.29 is 9.53 Å². The molecule has 1 heterocycles. The van der Waals surface area contributed by atoms with E-state index < -0.39 is 0 Å². The van der Waals surface area contributed by atoms with E-state index in [1.54, 1.807) is 19.4 Å². The number of hydrogen-bond acceptors (Lipinski definition) is 3. The van der Waals surface area contributed by atoms with Crippen LogP contribution >= 0.6 is 0 Å². The zero-order chi connectivity index (χ0) is 9.68. The number of ether oxygens (including phenoxy) is 1. The molecule has 0 aliphatic rings. The van der Waals surface area contributed by atoms with Gasteiger partial charge in [0.1, 0.15) is 6.29 Å². The molecule has 0 amide bonds. The van der Waals surface area contributed by atoms with E-state index in [2.05, 4.69) is 4.98 Å². The molecule has 1 aromatic heterocycles. The number of methoxy groups -OCH3 is 1. The van der Waals surface area contributed by atoms with Crippen molar-refractivity contribution in [3.05, 3.63) is 23.9 Å². The van der Waals surface area contributed by atoms with Crippen LogP contribution in [-0.2, 0) is 11.2 Å². The minimum absolute atomic E-state index is 0.0511. The number of hydrogen-bond donors (Lipinski definition) is 0. The Morgan fingerprint density at radius 2 is 2.38 bits per heavy atom. The summed E-state index contributed by atoms with van der Waals surface area (Å²) in [6.45, 7) is 1.89. The van der Waals surface area contributed by atoms with Crippen LogP contribution in [-0.4, -0.2) is 18.4 Å². The van der Waals surface area contributed by atoms with Crippen LogP contribution in [0.4, 0.5) is 0 Å². The predicted octanol–water partition coefficient (Wildman–Crippen LogP) is 1.47. The van der Waals surface area contributed by atoms with Crippen LogP contribution in [0.1, 0.15) is 12.5 Å². The van der Waals surface area contributed by atoms with Crippen LogP contribution in [0.2, 0.25) is 0 Å². The molecule has 1 aromatic rings. The Morgan fingerprint density at radius 3 is 2.85 bits per heavy atom. The van der Waals surface area contributed by atoms with Crippen LogP contribution in [0.3, 0.4) is 0 Å². The standard InChI is InChI=1S/C10H13NO2/c1-8(7-12)5-9-3-4-10(13-2)11-6-9/h3-4,6-8H,5H2,1-2H3. The average Bonchev–Trinajstić information content (AvgIpc) is 2.19. The van der Waals surface area contributed by atoms with E-state index in [1.165, 1.54) is 0 Å². The summed E-state index contributed by atoms with van der Waals surface area (Å²) in [5.74, 6) is 0.651. The number of rotatable bonds is 4. The van der Waals surface area contributed by atoms with Crippen LogP contribution in [0.5, 0.6) is 5.88 Å². The first-order valence-electron chi connectivity index (χ1n) is 4.20. The van der Waals surface area contributed by atoms with Gasteiger partial charge in [0.25, 0.3) is 0 Å². The van der Waals surface area contributed by atoms with Crippen molar-refractivity contribution in [1.82, 2.24) is 4.98 Å². The van der Waals surface area contributed by atoms with Gasteiger partial charge in [0, 0.05) is 18.2 Å². The van der Waals surface area contributed by atoms with Gasteiger partial charge in [0.05, 0.1) is 7.11 Å². The van der Waals surface area contributed by atoms with Crippen LogP contribution in [0.25, 0.3) is 0 Å². The lowest BCUT2D eigenvalue weighted by Gasteiger charge is -2.03. The fraction of sp³-hybridized carbons (Fsp3) is 0.400. The molecule has 1 atom stereocenters. The van der Waals surface area contributed by atoms with Crippen LogP contribution in [0, 0.1) is 5.92 Å². The third-order valence-corrected chi connectivity index (χ3v) is 1.80. The predicted molar refractivity (Wildman–Crippen MR) is 49.7 cm³/mol. The molecule has 0 aromatic carbocycles. The minimum Gasteiger partial charge on any atom is -0.481 e. The van der Waals surface area contributed by atoms with Gasteiger partial charge in [0.2, 0.25) is 5.88 Å². The Kier molecular flexibility index (Phi) is 3.43. The molecule has 3 heteroatoms. The number of aldehydes is 1. The number of pyridine rings is 1. The Hall–Kier alpha value is -1.38. The number of carbonyl (C=O) groups is 1. The molecule has 0 radical (unpaired) electrons. The average molecular weight is 179 g/mol. The van der Waals surface area contributed by atoms with Gasteiger partial charge < -0.3 is 9.53 Å². The van der Waals surface area contributed by atoms with Crippen molar-refractivity contribution in [2.45, 2.75) is 13.3 Å². The molecule has 0 N–H and O–H groups in total. The summed E-state index contributed by atoms with van der Waals surface area (Å²) in [5.41, 5.74) is 1.06. The van der Waals surface area contributed by atoms with Gasteiger partial charge in [-0.1, -0.05) is 13.0 Å². The van der Waals surface area contributed by atoms with Crippen molar-refractivity contribution >= 4 is 6.29 Å². The molecule has 0 aliphatic carbocycles. The van der Waals surface area contributed by atoms with E-state index >= 15 is 0 Å². The summed E-state index contributed by atoms with van der Waals surface area (Å²) in [6, 6.07) is 3.72. The third-order valence-electron chi connectivity index (χ3n) is 1.80. The molecule has 0 saturated carbocycles. The normalized spacial score (nSPS) is 12.2. The summed E-state index contributed by atoms with van der Waals surface area (Å²) in [5, 5.41) is 0. The van der Waals surface area contributed by atoms with Crippen LogP contribution in [0.15, 0.2) is 18.3 Å². The number of nitrogens with zero attached hydrogens (tertiary/aromatic N) is 1. The van der Waals surface area contributed by atoms with Crippen LogP contribution < -0.4 is 4.74 Å². The van der Waals surface area contributed by atoms with Crippen molar-refractivity contribution in [1.29, 1.82) is 0 Å². The second kappa shape index (κ2) is 4.60. The quantitative estimate of drug-likeness (QED) is 0.657. The smallest absolute Gasteiger partial charge is 0.212 e. The van der Waals surface area contributed by atoms with E-state index in [0.717, 1.165) is 18.3 Å². The third kappa shape index (κ3) is 2.86. The monoisotopic (exact) mass is 179 g/mol. The molecule has 70 valence electrons. The number of aromatic nitrogens is 1. The molecule has 0 fully saturated rings. The topological polar surface area (TPSA) is 39.2 Å². The fourth-order valence-corrected chi connectivity index (χ4v) is 1.07. The van der Waals surface area contributed by atoms with Crippen molar-refractivity contribution in [2.75, 3.05) is 7.11 Å². The first-order valence-corrected chi connectivity index (χ1v) is 4.20. The lowest BCUT2D eigenvalue weighted by atomic mass is 10.0. The summed E-state index contributed by atoms with van der Waals surface area (Å²) in [6.07, 6.45) is 3.42. The molecule has 13 heavy (non-hydrogen) atoms. The molecule has 0 aliphatic heterocycles. The van der Waals surface area contributed by atoms with Crippen molar-refractivity contribution in [3.8, 4) is 5.88 Å². The highest BCUT2D eigenvalue weighted by molar-refractivity contribution is 5.53. The Morgan fingerprint density at radius 1 is 1.62 bits per heavy atom. The summed E-state index contributed by atoms with van der Waals surface area (Å²) < 4.78 is 4.92. The second-order valence-corrected chi connectivity index (χ2v) is 3.03. The summed E-state index contributed by atoms with van der Waals surface area (Å²) in [4.78, 5) is 14.4. The van der Waals surface area contributed by atoms with E-state index in [0.29, 0.717) is 5.88 Å². The van der Waals surface area contributed by atoms with Crippen molar-refractivity contribution in [2.24, 2.45) is 5.92 Å². The molecular formula is C10H13NO2. The fourth-order valence-electron chi connectivity index (χ4n) is 1.07. The second-order valence-electron chi connectivity index (χ2n) is 3.03. The minimum atomic E-state index is 0.0511. The highest BCUT2D eigenvalue weighted by Gasteiger charge is 2.01. The molecule has 0 spiro atoms. The highest BCUT2D eigenvalue weighted by atomic mass is 16.5. The Bertz CT molecular complexity index is 269. The molecule has 3 nitrogen and oxygen atoms in total. The maximum Gasteiger partial charge on any atom is 0.212 e. The molecule has 1 rings (SSSR count). The maximum absolute atomic E-state index is 10.4. The molecular weight excluding hydrogens is 166 g/mol. The first-order chi connectivity index (χ1) is 6.26. The van der Waals surface area contributed by atoms with E-state index in [-0.39, 0.29) is 5.92 Å². The maximum atomic E-state index is 10.4. The van der Waals surface area contributed by atoms with Gasteiger partial charge in [-0.3, -0.25) is 0 Å². The Balaban J connectivity index is 2.63. The highest BCUT2D eigenvalue weighted by Crippen LogP contribution is 2.09. The van der Waals surface area contributed by atoms with E-state index in [4.69, 9.17) is 4.74 Å². The van der Waals surface area contributed by atoms with Gasteiger partial charge in [-0.15, -0.1) is 0 Å². The zero-order valence-electron chi connectivity index (χ0n) is 7.86. The van der Waals surface area contributed by atoms with E-state index in [1.807, 2.05) is 13.0 Å². The van der Waals surface area contributed by atoms with Gasteiger partial charge in [-0.05, 0) is 12.0 Å². The molecule has 0 saturated heterocycles. The zero-order valence-corrected chi connectivity index (χ0v) is 7.86. The van der Waals surface area contributed by atoms with Gasteiger partial charge in [-0.2, -0.15) is 0 Å². The SMILES string of the molecule is COc1ccc(CC(C)C=O)cn1. The van der Waals surface area contributed by atoms with Gasteiger partial charge >= 0.3 is 0 Å². The van der Waals surface area contributed by atoms with Gasteiger partial charge in [0.15, 0.2) is 0 Å². The summed E-state index contributed by atoms with van der Waals surface area (Å²) >= 11 is 0. The Labute approximate surface area is 77.8 Å². The first kappa shape index (κ1) is 9.71. The lowest BCUT2D eigenvalue weighted by molar-refractivity contribution is -0.110. The molecule has 0 bridgehead atoms. The largest absolute Gasteiger partial charge is 0.481 e. The summed E-state index contributed by atoms with van der Waals surface area (Å²) in [7, 11) is 1.58. The van der Waals surface area contributed by atoms with E-state index in [9.17, 15) is 4.79 Å². The lowest BCUT2D eigenvalue weighted by Crippen LogP contribution is -2.01.